The lowest BCUT2D eigenvalue weighted by Crippen LogP contribution is -2.61. The SMILES string of the molecule is CC(C)(C)OC(=O)NC1(CNC2CCN3CCCCC23)CCC1. The summed E-state index contributed by atoms with van der Waals surface area (Å²) in [5.41, 5.74) is -0.527. The Morgan fingerprint density at radius 1 is 1.17 bits per heavy atom. The standard InChI is InChI=1S/C18H33N3O2/c1-17(2,3)23-16(22)20-18(9-6-10-18)13-19-14-8-12-21-11-5-4-7-15(14)21/h14-15,19H,4-13H2,1-3H3,(H,20,22). The number of nitrogens with zero attached hydrogens (tertiary/aromatic N) is 1. The van der Waals surface area contributed by atoms with Crippen LogP contribution in [0.4, 0.5) is 4.79 Å². The van der Waals surface area contributed by atoms with Crippen LogP contribution in [0.25, 0.3) is 0 Å². The molecule has 0 aromatic rings. The Morgan fingerprint density at radius 2 is 1.96 bits per heavy atom. The smallest absolute Gasteiger partial charge is 0.408 e. The van der Waals surface area contributed by atoms with E-state index in [2.05, 4.69) is 15.5 Å². The minimum Gasteiger partial charge on any atom is -0.444 e. The lowest BCUT2D eigenvalue weighted by Gasteiger charge is -2.44. The van der Waals surface area contributed by atoms with Crippen LogP contribution in [0.2, 0.25) is 0 Å². The fourth-order valence-corrected chi connectivity index (χ4v) is 4.28. The Hall–Kier alpha value is -0.810. The Balaban J connectivity index is 1.50. The van der Waals surface area contributed by atoms with Gasteiger partial charge in [-0.2, -0.15) is 0 Å². The maximum atomic E-state index is 12.1. The van der Waals surface area contributed by atoms with Gasteiger partial charge in [0.1, 0.15) is 5.60 Å². The van der Waals surface area contributed by atoms with Gasteiger partial charge in [-0.15, -0.1) is 0 Å². The summed E-state index contributed by atoms with van der Waals surface area (Å²) in [4.78, 5) is 14.8. The van der Waals surface area contributed by atoms with Crippen LogP contribution in [0.15, 0.2) is 0 Å². The number of carbonyl (C=O) groups is 1. The molecule has 2 N–H and O–H groups in total. The molecule has 132 valence electrons. The molecule has 5 heteroatoms. The van der Waals surface area contributed by atoms with Crippen molar-refractivity contribution in [2.45, 2.75) is 88.9 Å². The Morgan fingerprint density at radius 3 is 2.61 bits per heavy atom. The van der Waals surface area contributed by atoms with Crippen LogP contribution in [0.5, 0.6) is 0 Å². The van der Waals surface area contributed by atoms with E-state index in [0.717, 1.165) is 19.4 Å². The zero-order valence-electron chi connectivity index (χ0n) is 15.0. The molecule has 0 aromatic heterocycles. The number of fused-ring (bicyclic) bond motifs is 1. The van der Waals surface area contributed by atoms with Crippen LogP contribution in [-0.2, 0) is 4.74 Å². The van der Waals surface area contributed by atoms with Gasteiger partial charge in [-0.1, -0.05) is 6.42 Å². The molecular formula is C18H33N3O2. The molecule has 23 heavy (non-hydrogen) atoms. The molecule has 2 unspecified atom stereocenters. The zero-order valence-corrected chi connectivity index (χ0v) is 15.0. The van der Waals surface area contributed by atoms with Crippen molar-refractivity contribution in [1.82, 2.24) is 15.5 Å². The predicted molar refractivity (Wildman–Crippen MR) is 91.6 cm³/mol. The molecule has 2 heterocycles. The third-order valence-corrected chi connectivity index (χ3v) is 5.64. The molecule has 1 aliphatic carbocycles. The van der Waals surface area contributed by atoms with Gasteiger partial charge in [-0.05, 0) is 65.8 Å². The zero-order chi connectivity index (χ0) is 16.5. The molecule has 2 aliphatic heterocycles. The van der Waals surface area contributed by atoms with Gasteiger partial charge in [-0.3, -0.25) is 4.90 Å². The van der Waals surface area contributed by atoms with Crippen LogP contribution in [0, 0.1) is 0 Å². The second kappa shape index (κ2) is 6.60. The first kappa shape index (κ1) is 17.0. The van der Waals surface area contributed by atoms with Gasteiger partial charge in [0.25, 0.3) is 0 Å². The largest absolute Gasteiger partial charge is 0.444 e. The lowest BCUT2D eigenvalue weighted by molar-refractivity contribution is 0.0376. The number of hydrogen-bond acceptors (Lipinski definition) is 4. The van der Waals surface area contributed by atoms with Crippen molar-refractivity contribution < 1.29 is 9.53 Å². The van der Waals surface area contributed by atoms with Crippen LogP contribution in [-0.4, -0.2) is 53.9 Å². The number of piperidine rings is 1. The molecule has 3 rings (SSSR count). The fraction of sp³-hybridized carbons (Fsp3) is 0.944. The summed E-state index contributed by atoms with van der Waals surface area (Å²) in [5.74, 6) is 0. The van der Waals surface area contributed by atoms with Crippen molar-refractivity contribution in [2.75, 3.05) is 19.6 Å². The van der Waals surface area contributed by atoms with Crippen molar-refractivity contribution in [3.8, 4) is 0 Å². The van der Waals surface area contributed by atoms with Crippen molar-refractivity contribution >= 4 is 6.09 Å². The molecule has 3 aliphatic rings. The highest BCUT2D eigenvalue weighted by molar-refractivity contribution is 5.69. The van der Waals surface area contributed by atoms with Gasteiger partial charge in [0.2, 0.25) is 0 Å². The fourth-order valence-electron chi connectivity index (χ4n) is 4.28. The molecule has 3 fully saturated rings. The number of amides is 1. The Kier molecular flexibility index (Phi) is 4.88. The Labute approximate surface area is 140 Å². The van der Waals surface area contributed by atoms with Crippen molar-refractivity contribution in [3.05, 3.63) is 0 Å². The Bertz CT molecular complexity index is 428. The second-order valence-corrected chi connectivity index (χ2v) is 8.64. The number of ether oxygens (including phenoxy) is 1. The molecule has 0 radical (unpaired) electrons. The van der Waals surface area contributed by atoms with E-state index in [1.807, 2.05) is 20.8 Å². The van der Waals surface area contributed by atoms with Crippen molar-refractivity contribution in [3.63, 3.8) is 0 Å². The monoisotopic (exact) mass is 323 g/mol. The molecule has 2 atom stereocenters. The maximum Gasteiger partial charge on any atom is 0.408 e. The topological polar surface area (TPSA) is 53.6 Å². The third-order valence-electron chi connectivity index (χ3n) is 5.64. The van der Waals surface area contributed by atoms with E-state index in [0.29, 0.717) is 12.1 Å². The van der Waals surface area contributed by atoms with Crippen molar-refractivity contribution in [1.29, 1.82) is 0 Å². The van der Waals surface area contributed by atoms with E-state index in [4.69, 9.17) is 4.74 Å². The molecule has 0 spiro atoms. The number of nitrogens with one attached hydrogen (secondary N) is 2. The van der Waals surface area contributed by atoms with Gasteiger partial charge >= 0.3 is 6.09 Å². The molecule has 0 aromatic carbocycles. The van der Waals surface area contributed by atoms with Gasteiger partial charge in [0, 0.05) is 25.2 Å². The average molecular weight is 323 g/mol. The van der Waals surface area contributed by atoms with Crippen LogP contribution in [0.1, 0.15) is 65.7 Å². The highest BCUT2D eigenvalue weighted by Gasteiger charge is 2.42. The van der Waals surface area contributed by atoms with Crippen molar-refractivity contribution in [2.24, 2.45) is 0 Å². The van der Waals surface area contributed by atoms with E-state index in [1.165, 1.54) is 45.2 Å². The van der Waals surface area contributed by atoms with Crippen LogP contribution >= 0.6 is 0 Å². The summed E-state index contributed by atoms with van der Waals surface area (Å²) in [6.07, 6.45) is 8.31. The quantitative estimate of drug-likeness (QED) is 0.835. The van der Waals surface area contributed by atoms with E-state index in [1.54, 1.807) is 0 Å². The summed E-state index contributed by atoms with van der Waals surface area (Å²) in [6.45, 7) is 9.11. The molecular weight excluding hydrogens is 290 g/mol. The van der Waals surface area contributed by atoms with Gasteiger partial charge in [-0.25, -0.2) is 4.79 Å². The van der Waals surface area contributed by atoms with E-state index < -0.39 is 5.60 Å². The molecule has 0 bridgehead atoms. The average Bonchev–Trinajstić information content (AvgIpc) is 2.83. The minimum absolute atomic E-state index is 0.0928. The number of rotatable bonds is 4. The normalized spacial score (nSPS) is 30.4. The maximum absolute atomic E-state index is 12.1. The highest BCUT2D eigenvalue weighted by Crippen LogP contribution is 2.33. The second-order valence-electron chi connectivity index (χ2n) is 8.64. The van der Waals surface area contributed by atoms with Gasteiger partial charge in [0.05, 0.1) is 5.54 Å². The van der Waals surface area contributed by atoms with Gasteiger partial charge in [0.15, 0.2) is 0 Å². The molecule has 5 nitrogen and oxygen atoms in total. The van der Waals surface area contributed by atoms with Crippen LogP contribution in [0.3, 0.4) is 0 Å². The summed E-state index contributed by atoms with van der Waals surface area (Å²) < 4.78 is 5.44. The van der Waals surface area contributed by atoms with E-state index >= 15 is 0 Å². The molecule has 1 amide bonds. The summed E-state index contributed by atoms with van der Waals surface area (Å²) >= 11 is 0. The highest BCUT2D eigenvalue weighted by atomic mass is 16.6. The van der Waals surface area contributed by atoms with Crippen LogP contribution < -0.4 is 10.6 Å². The first-order valence-corrected chi connectivity index (χ1v) is 9.36. The predicted octanol–water partition coefficient (Wildman–Crippen LogP) is 2.65. The summed E-state index contributed by atoms with van der Waals surface area (Å²) in [7, 11) is 0. The molecule has 1 saturated carbocycles. The number of hydrogen-bond donors (Lipinski definition) is 2. The summed E-state index contributed by atoms with van der Waals surface area (Å²) in [5, 5.41) is 6.92. The van der Waals surface area contributed by atoms with E-state index in [9.17, 15) is 4.79 Å². The number of alkyl carbamates (subject to hydrolysis) is 1. The number of carbonyl (C=O) groups excluding carboxylic acids is 1. The molecule has 2 saturated heterocycles. The van der Waals surface area contributed by atoms with E-state index in [-0.39, 0.29) is 11.6 Å². The first-order chi connectivity index (χ1) is 10.9. The van der Waals surface area contributed by atoms with Gasteiger partial charge < -0.3 is 15.4 Å². The minimum atomic E-state index is -0.434. The third kappa shape index (κ3) is 4.18. The first-order valence-electron chi connectivity index (χ1n) is 9.36. The lowest BCUT2D eigenvalue weighted by atomic mass is 9.76. The summed E-state index contributed by atoms with van der Waals surface area (Å²) in [6, 6.07) is 1.30.